The van der Waals surface area contributed by atoms with E-state index in [1.54, 1.807) is 47.6 Å². The van der Waals surface area contributed by atoms with Gasteiger partial charge < -0.3 is 15.4 Å². The normalized spacial score (nSPS) is 17.5. The van der Waals surface area contributed by atoms with Gasteiger partial charge >= 0.3 is 0 Å². The Morgan fingerprint density at radius 2 is 2.09 bits per heavy atom. The van der Waals surface area contributed by atoms with E-state index in [1.165, 1.54) is 0 Å². The molecule has 1 aliphatic rings. The first-order valence-electron chi connectivity index (χ1n) is 7.06. The first kappa shape index (κ1) is 14.8. The molecule has 1 aromatic heterocycles. The molecule has 0 spiro atoms. The summed E-state index contributed by atoms with van der Waals surface area (Å²) in [6.45, 7) is 1.28. The van der Waals surface area contributed by atoms with Crippen LogP contribution in [0, 0.1) is 0 Å². The Morgan fingerprint density at radius 1 is 1.32 bits per heavy atom. The number of benzene rings is 1. The van der Waals surface area contributed by atoms with Crippen molar-refractivity contribution in [1.29, 1.82) is 0 Å². The summed E-state index contributed by atoms with van der Waals surface area (Å²) < 4.78 is 5.67. The van der Waals surface area contributed by atoms with Crippen molar-refractivity contribution in [3.8, 4) is 11.5 Å². The van der Waals surface area contributed by atoms with Gasteiger partial charge in [-0.1, -0.05) is 11.6 Å². The molecule has 2 heterocycles. The number of nitrogens with zero attached hydrogens (tertiary/aromatic N) is 2. The van der Waals surface area contributed by atoms with E-state index in [2.05, 4.69) is 4.98 Å². The molecule has 5 nitrogen and oxygen atoms in total. The average molecular weight is 318 g/mol. The second-order valence-electron chi connectivity index (χ2n) is 5.23. The third-order valence-corrected chi connectivity index (χ3v) is 3.86. The third kappa shape index (κ3) is 3.21. The largest absolute Gasteiger partial charge is 0.456 e. The quantitative estimate of drug-likeness (QED) is 0.945. The standard InChI is InChI=1S/C16H16ClN3O2/c17-14-9-11(16(21)20-8-5-12(18)10-20)1-2-15(14)22-13-3-6-19-7-4-13/h1-4,6-7,9,12H,5,8,10,18H2/t12-/m1/s1. The van der Waals surface area contributed by atoms with Crippen LogP contribution in [0.1, 0.15) is 16.8 Å². The van der Waals surface area contributed by atoms with Crippen LogP contribution in [-0.4, -0.2) is 34.9 Å². The van der Waals surface area contributed by atoms with Gasteiger partial charge in [-0.05, 0) is 36.8 Å². The Kier molecular flexibility index (Phi) is 4.27. The maximum absolute atomic E-state index is 12.4. The first-order chi connectivity index (χ1) is 10.6. The minimum absolute atomic E-state index is 0.0506. The number of pyridine rings is 1. The van der Waals surface area contributed by atoms with E-state index < -0.39 is 0 Å². The van der Waals surface area contributed by atoms with Gasteiger partial charge in [0.05, 0.1) is 5.02 Å². The fourth-order valence-electron chi connectivity index (χ4n) is 2.40. The molecule has 0 aliphatic carbocycles. The predicted octanol–water partition coefficient (Wildman–Crippen LogP) is 2.70. The number of hydrogen-bond acceptors (Lipinski definition) is 4. The lowest BCUT2D eigenvalue weighted by atomic mass is 10.2. The zero-order chi connectivity index (χ0) is 15.5. The molecule has 1 saturated heterocycles. The van der Waals surface area contributed by atoms with Gasteiger partial charge in [0.15, 0.2) is 0 Å². The Labute approximate surface area is 133 Å². The molecule has 0 saturated carbocycles. The second kappa shape index (κ2) is 6.34. The van der Waals surface area contributed by atoms with Crippen molar-refractivity contribution in [1.82, 2.24) is 9.88 Å². The van der Waals surface area contributed by atoms with Crippen LogP contribution in [0.25, 0.3) is 0 Å². The number of halogens is 1. The van der Waals surface area contributed by atoms with Gasteiger partial charge in [-0.3, -0.25) is 9.78 Å². The van der Waals surface area contributed by atoms with E-state index in [-0.39, 0.29) is 11.9 Å². The number of aromatic nitrogens is 1. The Balaban J connectivity index is 1.76. The Bertz CT molecular complexity index is 678. The molecule has 6 heteroatoms. The van der Waals surface area contributed by atoms with Crippen molar-refractivity contribution in [2.45, 2.75) is 12.5 Å². The zero-order valence-corrected chi connectivity index (χ0v) is 12.7. The van der Waals surface area contributed by atoms with Crippen LogP contribution in [-0.2, 0) is 0 Å². The van der Waals surface area contributed by atoms with Crippen LogP contribution >= 0.6 is 11.6 Å². The fraction of sp³-hybridized carbons (Fsp3) is 0.250. The Hall–Kier alpha value is -2.11. The molecule has 1 fully saturated rings. The molecule has 0 unspecified atom stereocenters. The van der Waals surface area contributed by atoms with Crippen LogP contribution in [0.5, 0.6) is 11.5 Å². The van der Waals surface area contributed by atoms with E-state index in [1.807, 2.05) is 0 Å². The first-order valence-corrected chi connectivity index (χ1v) is 7.43. The molecule has 2 N–H and O–H groups in total. The minimum Gasteiger partial charge on any atom is -0.456 e. The number of nitrogens with two attached hydrogens (primary N) is 1. The molecule has 22 heavy (non-hydrogen) atoms. The highest BCUT2D eigenvalue weighted by Crippen LogP contribution is 2.30. The summed E-state index contributed by atoms with van der Waals surface area (Å²) in [7, 11) is 0. The maximum atomic E-state index is 12.4. The average Bonchev–Trinajstić information content (AvgIpc) is 2.96. The van der Waals surface area contributed by atoms with Gasteiger partial charge in [-0.25, -0.2) is 0 Å². The number of ether oxygens (including phenoxy) is 1. The molecule has 1 amide bonds. The van der Waals surface area contributed by atoms with Crippen LogP contribution in [0.4, 0.5) is 0 Å². The van der Waals surface area contributed by atoms with Gasteiger partial charge in [-0.15, -0.1) is 0 Å². The lowest BCUT2D eigenvalue weighted by Gasteiger charge is -2.16. The van der Waals surface area contributed by atoms with Gasteiger partial charge in [0.2, 0.25) is 0 Å². The van der Waals surface area contributed by atoms with E-state index in [9.17, 15) is 4.79 Å². The summed E-state index contributed by atoms with van der Waals surface area (Å²) >= 11 is 6.22. The van der Waals surface area contributed by atoms with E-state index in [0.29, 0.717) is 35.2 Å². The van der Waals surface area contributed by atoms with Crippen LogP contribution in [0.15, 0.2) is 42.7 Å². The van der Waals surface area contributed by atoms with Crippen molar-refractivity contribution in [2.24, 2.45) is 5.73 Å². The lowest BCUT2D eigenvalue weighted by Crippen LogP contribution is -2.31. The molecule has 3 rings (SSSR count). The maximum Gasteiger partial charge on any atom is 0.253 e. The van der Waals surface area contributed by atoms with Crippen molar-refractivity contribution < 1.29 is 9.53 Å². The van der Waals surface area contributed by atoms with Crippen molar-refractivity contribution >= 4 is 17.5 Å². The predicted molar refractivity (Wildman–Crippen MR) is 84.3 cm³/mol. The monoisotopic (exact) mass is 317 g/mol. The second-order valence-corrected chi connectivity index (χ2v) is 5.64. The van der Waals surface area contributed by atoms with Crippen molar-refractivity contribution in [3.63, 3.8) is 0 Å². The summed E-state index contributed by atoms with van der Waals surface area (Å²) in [5.41, 5.74) is 6.38. The minimum atomic E-state index is -0.0506. The van der Waals surface area contributed by atoms with Gasteiger partial charge in [-0.2, -0.15) is 0 Å². The summed E-state index contributed by atoms with van der Waals surface area (Å²) in [4.78, 5) is 18.1. The third-order valence-electron chi connectivity index (χ3n) is 3.57. The van der Waals surface area contributed by atoms with Crippen LogP contribution in [0.3, 0.4) is 0 Å². The molecular formula is C16H16ClN3O2. The molecule has 1 aromatic carbocycles. The number of amides is 1. The lowest BCUT2D eigenvalue weighted by molar-refractivity contribution is 0.0791. The topological polar surface area (TPSA) is 68.5 Å². The van der Waals surface area contributed by atoms with E-state index >= 15 is 0 Å². The summed E-state index contributed by atoms with van der Waals surface area (Å²) in [5, 5.41) is 0.395. The highest BCUT2D eigenvalue weighted by molar-refractivity contribution is 6.32. The number of likely N-dealkylation sites (tertiary alicyclic amines) is 1. The number of rotatable bonds is 3. The van der Waals surface area contributed by atoms with Crippen LogP contribution < -0.4 is 10.5 Å². The number of carbonyl (C=O) groups excluding carboxylic acids is 1. The molecule has 114 valence electrons. The summed E-state index contributed by atoms with van der Waals surface area (Å²) in [6, 6.07) is 8.58. The molecule has 0 bridgehead atoms. The molecule has 2 aromatic rings. The summed E-state index contributed by atoms with van der Waals surface area (Å²) in [5.74, 6) is 1.09. The number of hydrogen-bond donors (Lipinski definition) is 1. The van der Waals surface area contributed by atoms with Crippen molar-refractivity contribution in [3.05, 3.63) is 53.3 Å². The molecule has 1 atom stereocenters. The molecule has 1 aliphatic heterocycles. The number of carbonyl (C=O) groups is 1. The smallest absolute Gasteiger partial charge is 0.253 e. The van der Waals surface area contributed by atoms with Gasteiger partial charge in [0.1, 0.15) is 11.5 Å². The van der Waals surface area contributed by atoms with Gasteiger partial charge in [0.25, 0.3) is 5.91 Å². The van der Waals surface area contributed by atoms with Crippen LogP contribution in [0.2, 0.25) is 5.02 Å². The summed E-state index contributed by atoms with van der Waals surface area (Å²) in [6.07, 6.45) is 4.11. The Morgan fingerprint density at radius 3 is 2.73 bits per heavy atom. The van der Waals surface area contributed by atoms with E-state index in [0.717, 1.165) is 6.42 Å². The fourth-order valence-corrected chi connectivity index (χ4v) is 2.62. The SMILES string of the molecule is N[C@@H]1CCN(C(=O)c2ccc(Oc3ccncc3)c(Cl)c2)C1. The highest BCUT2D eigenvalue weighted by atomic mass is 35.5. The molecule has 0 radical (unpaired) electrons. The van der Waals surface area contributed by atoms with E-state index in [4.69, 9.17) is 22.1 Å². The zero-order valence-electron chi connectivity index (χ0n) is 11.9. The molecular weight excluding hydrogens is 302 g/mol. The van der Waals surface area contributed by atoms with Crippen molar-refractivity contribution in [2.75, 3.05) is 13.1 Å². The highest BCUT2D eigenvalue weighted by Gasteiger charge is 2.24. The van der Waals surface area contributed by atoms with Gasteiger partial charge in [0, 0.05) is 37.1 Å².